The summed E-state index contributed by atoms with van der Waals surface area (Å²) in [7, 11) is -0.568. The Morgan fingerprint density at radius 1 is 1.00 bits per heavy atom. The lowest BCUT2D eigenvalue weighted by Gasteiger charge is -2.40. The Balaban J connectivity index is 1.01. The van der Waals surface area contributed by atoms with E-state index < -0.39 is 97.9 Å². The number of esters is 1. The second kappa shape index (κ2) is 24.6. The van der Waals surface area contributed by atoms with Crippen LogP contribution in [0.1, 0.15) is 92.8 Å². The van der Waals surface area contributed by atoms with Crippen LogP contribution in [0.15, 0.2) is 101 Å². The number of hydrogen-bond donors (Lipinski definition) is 5. The summed E-state index contributed by atoms with van der Waals surface area (Å²) in [6, 6.07) is 13.3. The van der Waals surface area contributed by atoms with E-state index in [9.17, 15) is 51.6 Å². The normalized spacial score (nSPS) is 24.8. The summed E-state index contributed by atoms with van der Waals surface area (Å²) < 4.78 is 63.9. The van der Waals surface area contributed by atoms with E-state index in [1.807, 2.05) is 13.0 Å². The number of nitrogens with one attached hydrogen (secondary N) is 3. The van der Waals surface area contributed by atoms with Crippen LogP contribution < -0.4 is 25.7 Å². The van der Waals surface area contributed by atoms with Crippen molar-refractivity contribution in [2.45, 2.75) is 119 Å². The second-order valence-corrected chi connectivity index (χ2v) is 21.3. The highest BCUT2D eigenvalue weighted by Crippen LogP contribution is 2.47. The van der Waals surface area contributed by atoms with Gasteiger partial charge in [-0.2, -0.15) is 13.5 Å². The van der Waals surface area contributed by atoms with Crippen LogP contribution in [0.5, 0.6) is 5.75 Å². The van der Waals surface area contributed by atoms with E-state index in [1.54, 1.807) is 69.4 Å². The maximum atomic E-state index is 14.3. The molecule has 3 aromatic carbocycles. The monoisotopic (exact) mass is 1120 g/mol. The molecular weight excluding hydrogens is 1060 g/mol. The van der Waals surface area contributed by atoms with Crippen LogP contribution in [-0.4, -0.2) is 134 Å². The van der Waals surface area contributed by atoms with Gasteiger partial charge in [0.25, 0.3) is 27.8 Å². The molecule has 2 fully saturated rings. The molecule has 0 aromatic heterocycles. The molecule has 5 N–H and O–H groups in total. The number of halogens is 1. The molecule has 4 heterocycles. The Morgan fingerprint density at radius 3 is 2.40 bits per heavy atom. The molecule has 78 heavy (non-hydrogen) atoms. The van der Waals surface area contributed by atoms with Crippen LogP contribution in [0.2, 0.25) is 5.02 Å². The Hall–Kier alpha value is -7.28. The zero-order valence-corrected chi connectivity index (χ0v) is 45.3. The number of fused-ring (bicyclic) bond motifs is 5. The van der Waals surface area contributed by atoms with Crippen molar-refractivity contribution in [3.63, 3.8) is 0 Å². The summed E-state index contributed by atoms with van der Waals surface area (Å²) in [4.78, 5) is 92.0. The molecule has 22 nitrogen and oxygen atoms in total. The fourth-order valence-corrected chi connectivity index (χ4v) is 10.4. The van der Waals surface area contributed by atoms with Crippen LogP contribution in [0.4, 0.5) is 16.2 Å². The maximum Gasteiger partial charge on any atom is 0.409 e. The number of nitrogens with zero attached hydrogens (tertiary/aromatic N) is 3. The van der Waals surface area contributed by atoms with Crippen molar-refractivity contribution in [3.8, 4) is 5.75 Å². The number of carbonyl (C=O) groups is 7. The molecule has 6 atom stereocenters. The van der Waals surface area contributed by atoms with Crippen LogP contribution in [0, 0.1) is 0 Å². The average molecular weight is 1120 g/mol. The third-order valence-corrected chi connectivity index (χ3v) is 15.1. The minimum atomic E-state index is -4.98. The van der Waals surface area contributed by atoms with Gasteiger partial charge >= 0.3 is 12.1 Å². The number of anilines is 2. The first kappa shape index (κ1) is 58.4. The van der Waals surface area contributed by atoms with Crippen molar-refractivity contribution in [2.75, 3.05) is 38.0 Å². The molecule has 0 aliphatic carbocycles. The number of alkyl carbamates (subject to hydrolysis) is 1. The molecular formula is C54H61ClN6O16S. The first-order valence-electron chi connectivity index (χ1n) is 24.9. The molecule has 7 rings (SSSR count). The predicted octanol–water partition coefficient (Wildman–Crippen LogP) is 5.49. The number of hydrazone groups is 1. The Bertz CT molecular complexity index is 3090. The van der Waals surface area contributed by atoms with E-state index in [-0.39, 0.29) is 55.1 Å². The number of amides is 6. The minimum absolute atomic E-state index is 0.00332. The molecule has 24 heteroatoms. The molecule has 6 amide bonds. The molecule has 0 spiro atoms. The largest absolute Gasteiger partial charge is 0.495 e. The van der Waals surface area contributed by atoms with Gasteiger partial charge in [0.15, 0.2) is 5.72 Å². The number of methoxy groups -OCH3 is 2. The third kappa shape index (κ3) is 14.2. The third-order valence-electron chi connectivity index (χ3n) is 13.8. The van der Waals surface area contributed by atoms with Gasteiger partial charge in [-0.1, -0.05) is 66.1 Å². The molecule has 1 unspecified atom stereocenters. The number of allylic oxidation sites excluding steroid dienone is 3. The lowest BCUT2D eigenvalue weighted by Crippen LogP contribution is -2.62. The number of hydrogen-bond acceptors (Lipinski definition) is 16. The number of rotatable bonds is 16. The molecule has 3 aromatic rings. The van der Waals surface area contributed by atoms with Crippen molar-refractivity contribution in [2.24, 2.45) is 5.10 Å². The van der Waals surface area contributed by atoms with Crippen LogP contribution in [0.25, 0.3) is 0 Å². The van der Waals surface area contributed by atoms with Gasteiger partial charge in [-0.15, -0.1) is 0 Å². The second-order valence-electron chi connectivity index (χ2n) is 19.5. The number of imide groups is 1. The molecule has 4 bridgehead atoms. The molecule has 416 valence electrons. The van der Waals surface area contributed by atoms with Gasteiger partial charge < -0.3 is 39.0 Å². The summed E-state index contributed by atoms with van der Waals surface area (Å²) in [6.07, 6.45) is 4.18. The van der Waals surface area contributed by atoms with Gasteiger partial charge in [0.1, 0.15) is 39.6 Å². The highest BCUT2D eigenvalue weighted by Gasteiger charge is 2.61. The first-order chi connectivity index (χ1) is 36.9. The van der Waals surface area contributed by atoms with Gasteiger partial charge in [0.2, 0.25) is 11.8 Å². The molecule has 4 aliphatic heterocycles. The lowest BCUT2D eigenvalue weighted by atomic mass is 9.90. The fraction of sp³-hybridized carbons (Fsp3) is 0.407. The van der Waals surface area contributed by atoms with Crippen LogP contribution >= 0.6 is 11.6 Å². The van der Waals surface area contributed by atoms with E-state index >= 15 is 0 Å². The summed E-state index contributed by atoms with van der Waals surface area (Å²) in [5.74, 6) is -3.11. The molecule has 2 saturated heterocycles. The van der Waals surface area contributed by atoms with Gasteiger partial charge in [-0.25, -0.2) is 10.2 Å². The molecule has 4 aliphatic rings. The van der Waals surface area contributed by atoms with Gasteiger partial charge in [-0.3, -0.25) is 43.5 Å². The molecule has 0 saturated carbocycles. The Morgan fingerprint density at radius 2 is 1.72 bits per heavy atom. The summed E-state index contributed by atoms with van der Waals surface area (Å²) in [5, 5.41) is 21.0. The highest BCUT2D eigenvalue weighted by molar-refractivity contribution is 7.86. The summed E-state index contributed by atoms with van der Waals surface area (Å²) >= 11 is 6.79. The van der Waals surface area contributed by atoms with E-state index in [1.165, 1.54) is 37.3 Å². The quantitative estimate of drug-likeness (QED) is 0.0225. The van der Waals surface area contributed by atoms with Crippen molar-refractivity contribution >= 4 is 80.4 Å². The summed E-state index contributed by atoms with van der Waals surface area (Å²) in [6.45, 7) is 5.35. The van der Waals surface area contributed by atoms with Crippen molar-refractivity contribution < 1.29 is 75.3 Å². The standard InChI is InChI=1S/C54H61ClN6O16S/c1-31-11-10-12-42(74-6)54(69)30-37(75-52(68)57-54)28-44-53(3,77-44)43(29-48(65)60(4)39-24-34(23-31)25-40(73-5)50(39)55)76-49(66)26-33-14-16-35(17-15-33)32(2)58-59-51(67)38-19-18-36(27-41(38)78(70,71)72)56-45(62)13-8-7-9-22-61-46(63)20-21-47(61)64/h10-12,14-21,24-25,27,37,42-44,69H,7-9,13,22-23,26,28-30H2,1-6H3,(H,56,62)(H,57,68)(H,59,67)(H,70,71,72)/b12-10+,31-11+,58-32+/t37?,42-,43+,44+,53+,54+/m1/s1. The topological polar surface area (TPSA) is 298 Å². The fourth-order valence-electron chi connectivity index (χ4n) is 9.35. The van der Waals surface area contributed by atoms with E-state index in [0.29, 0.717) is 48.2 Å². The van der Waals surface area contributed by atoms with Gasteiger partial charge in [0, 0.05) is 57.8 Å². The zero-order valence-electron chi connectivity index (χ0n) is 43.7. The van der Waals surface area contributed by atoms with Crippen molar-refractivity contribution in [3.05, 3.63) is 118 Å². The SMILES string of the molecule is COc1cc2cc(c1Cl)N(C)C(=O)C[C@H](OC(=O)Cc1ccc(/C(C)=N/NC(=O)c3ccc(NC(=O)CCCCCN4C(=O)C=CC4=O)cc3S(=O)(=O)O)cc1)[C@]1(C)O[C@H]1CC1C[C@@](O)(NC(=O)O1)[C@H](OC)/C=C/C=C(\C)C2. The number of epoxide rings is 1. The first-order valence-corrected chi connectivity index (χ1v) is 26.7. The lowest BCUT2D eigenvalue weighted by molar-refractivity contribution is -0.153. The summed E-state index contributed by atoms with van der Waals surface area (Å²) in [5.41, 5.74) is 1.97. The zero-order chi connectivity index (χ0) is 56.7. The van der Waals surface area contributed by atoms with E-state index in [4.69, 9.17) is 35.3 Å². The predicted molar refractivity (Wildman–Crippen MR) is 283 cm³/mol. The molecule has 0 radical (unpaired) electrons. The minimum Gasteiger partial charge on any atom is -0.495 e. The average Bonchev–Trinajstić information content (AvgIpc) is 4.18. The van der Waals surface area contributed by atoms with E-state index in [2.05, 4.69) is 21.2 Å². The number of unbranched alkanes of at least 4 members (excludes halogenated alkanes) is 2. The maximum absolute atomic E-state index is 14.3. The van der Waals surface area contributed by atoms with Crippen molar-refractivity contribution in [1.29, 1.82) is 0 Å². The van der Waals surface area contributed by atoms with Crippen LogP contribution in [0.3, 0.4) is 0 Å². The smallest absolute Gasteiger partial charge is 0.409 e. The van der Waals surface area contributed by atoms with Gasteiger partial charge in [0.05, 0.1) is 43.0 Å². The van der Waals surface area contributed by atoms with Crippen molar-refractivity contribution in [1.82, 2.24) is 15.6 Å². The number of ether oxygens (including phenoxy) is 5. The van der Waals surface area contributed by atoms with Gasteiger partial charge in [-0.05, 0) is 87.1 Å². The Labute approximate surface area is 455 Å². The number of benzene rings is 3. The number of aliphatic hydroxyl groups is 1. The van der Waals surface area contributed by atoms with Crippen LogP contribution in [-0.2, 0) is 65.9 Å². The van der Waals surface area contributed by atoms with E-state index in [0.717, 1.165) is 28.2 Å². The number of carbonyl (C=O) groups excluding carboxylic acids is 7. The Kier molecular flexibility index (Phi) is 18.4. The highest BCUT2D eigenvalue weighted by atomic mass is 35.5.